The number of imidazole rings is 1. The Hall–Kier alpha value is -2.62. The van der Waals surface area contributed by atoms with Crippen molar-refractivity contribution in [2.75, 3.05) is 5.32 Å². The number of rotatable bonds is 2. The molecule has 0 unspecified atom stereocenters. The predicted octanol–water partition coefficient (Wildman–Crippen LogP) is 3.01. The Kier molecular flexibility index (Phi) is 2.76. The summed E-state index contributed by atoms with van der Waals surface area (Å²) in [7, 11) is 1.94. The van der Waals surface area contributed by atoms with Gasteiger partial charge in [-0.2, -0.15) is 0 Å². The van der Waals surface area contributed by atoms with Crippen molar-refractivity contribution in [3.63, 3.8) is 0 Å². The van der Waals surface area contributed by atoms with Gasteiger partial charge >= 0.3 is 0 Å². The fourth-order valence-electron chi connectivity index (χ4n) is 2.05. The van der Waals surface area contributed by atoms with E-state index in [1.54, 1.807) is 0 Å². The van der Waals surface area contributed by atoms with Gasteiger partial charge in [0, 0.05) is 12.6 Å². The molecule has 1 aromatic heterocycles. The molecule has 0 amide bonds. The SMILES string of the molecule is Cn1c(NC(=N)c2ccccc2)nc2ccccc21. The van der Waals surface area contributed by atoms with Crippen molar-refractivity contribution in [3.8, 4) is 0 Å². The lowest BCUT2D eigenvalue weighted by Gasteiger charge is -2.07. The summed E-state index contributed by atoms with van der Waals surface area (Å²) in [4.78, 5) is 4.49. The number of hydrogen-bond acceptors (Lipinski definition) is 2. The lowest BCUT2D eigenvalue weighted by atomic mass is 10.2. The molecule has 3 aromatic rings. The third-order valence-electron chi connectivity index (χ3n) is 3.09. The normalized spacial score (nSPS) is 10.6. The fourth-order valence-corrected chi connectivity index (χ4v) is 2.05. The third-order valence-corrected chi connectivity index (χ3v) is 3.09. The Morgan fingerprint density at radius 2 is 1.74 bits per heavy atom. The molecule has 0 bridgehead atoms. The summed E-state index contributed by atoms with van der Waals surface area (Å²) in [5.41, 5.74) is 2.81. The maximum Gasteiger partial charge on any atom is 0.209 e. The first-order valence-electron chi connectivity index (χ1n) is 6.08. The van der Waals surface area contributed by atoms with Crippen LogP contribution in [-0.2, 0) is 7.05 Å². The second-order valence-corrected chi connectivity index (χ2v) is 4.35. The summed E-state index contributed by atoms with van der Waals surface area (Å²) >= 11 is 0. The minimum atomic E-state index is 0.346. The maximum absolute atomic E-state index is 8.07. The van der Waals surface area contributed by atoms with Crippen LogP contribution in [0, 0.1) is 5.41 Å². The second kappa shape index (κ2) is 4.57. The van der Waals surface area contributed by atoms with E-state index in [1.165, 1.54) is 0 Å². The number of amidine groups is 1. The lowest BCUT2D eigenvalue weighted by molar-refractivity contribution is 0.960. The van der Waals surface area contributed by atoms with Crippen LogP contribution >= 0.6 is 0 Å². The molecular weight excluding hydrogens is 236 g/mol. The molecule has 0 aliphatic carbocycles. The third kappa shape index (κ3) is 2.08. The molecule has 0 aliphatic rings. The van der Waals surface area contributed by atoms with Crippen LogP contribution in [0.2, 0.25) is 0 Å². The van der Waals surface area contributed by atoms with Gasteiger partial charge in [0.15, 0.2) is 0 Å². The molecule has 19 heavy (non-hydrogen) atoms. The highest BCUT2D eigenvalue weighted by atomic mass is 15.2. The Morgan fingerprint density at radius 1 is 1.05 bits per heavy atom. The number of nitrogens with zero attached hydrogens (tertiary/aromatic N) is 2. The van der Waals surface area contributed by atoms with Gasteiger partial charge in [-0.15, -0.1) is 0 Å². The summed E-state index contributed by atoms with van der Waals surface area (Å²) in [6.07, 6.45) is 0. The smallest absolute Gasteiger partial charge is 0.209 e. The monoisotopic (exact) mass is 250 g/mol. The molecule has 0 fully saturated rings. The average Bonchev–Trinajstić information content (AvgIpc) is 2.77. The molecule has 0 atom stereocenters. The van der Waals surface area contributed by atoms with E-state index in [4.69, 9.17) is 5.41 Å². The molecule has 0 radical (unpaired) electrons. The van der Waals surface area contributed by atoms with E-state index in [9.17, 15) is 0 Å². The Bertz CT molecular complexity index is 728. The zero-order valence-electron chi connectivity index (χ0n) is 10.6. The van der Waals surface area contributed by atoms with Crippen molar-refractivity contribution in [2.24, 2.45) is 7.05 Å². The van der Waals surface area contributed by atoms with Gasteiger partial charge in [0.25, 0.3) is 0 Å². The van der Waals surface area contributed by atoms with Crippen LogP contribution in [0.25, 0.3) is 11.0 Å². The van der Waals surface area contributed by atoms with Crippen LogP contribution in [0.15, 0.2) is 54.6 Å². The molecule has 1 heterocycles. The Morgan fingerprint density at radius 3 is 2.47 bits per heavy atom. The lowest BCUT2D eigenvalue weighted by Crippen LogP contribution is -2.14. The van der Waals surface area contributed by atoms with E-state index in [2.05, 4.69) is 10.3 Å². The van der Waals surface area contributed by atoms with Gasteiger partial charge < -0.3 is 9.88 Å². The maximum atomic E-state index is 8.07. The van der Waals surface area contributed by atoms with E-state index >= 15 is 0 Å². The van der Waals surface area contributed by atoms with Crippen LogP contribution in [0.1, 0.15) is 5.56 Å². The molecule has 0 spiro atoms. The highest BCUT2D eigenvalue weighted by molar-refractivity contribution is 6.05. The van der Waals surface area contributed by atoms with Crippen molar-refractivity contribution in [1.29, 1.82) is 5.41 Å². The van der Waals surface area contributed by atoms with Gasteiger partial charge in [0.05, 0.1) is 11.0 Å². The largest absolute Gasteiger partial charge is 0.313 e. The fraction of sp³-hybridized carbons (Fsp3) is 0.0667. The summed E-state index contributed by atoms with van der Waals surface area (Å²) < 4.78 is 1.95. The van der Waals surface area contributed by atoms with Crippen molar-refractivity contribution < 1.29 is 0 Å². The number of hydrogen-bond donors (Lipinski definition) is 2. The Labute approximate surface area is 111 Å². The molecule has 0 saturated heterocycles. The van der Waals surface area contributed by atoms with Gasteiger partial charge in [-0.05, 0) is 12.1 Å². The van der Waals surface area contributed by atoms with Crippen LogP contribution in [0.5, 0.6) is 0 Å². The first kappa shape index (κ1) is 11.5. The van der Waals surface area contributed by atoms with Gasteiger partial charge in [0.2, 0.25) is 5.95 Å². The Balaban J connectivity index is 1.94. The number of para-hydroxylation sites is 2. The highest BCUT2D eigenvalue weighted by Gasteiger charge is 2.09. The molecule has 2 N–H and O–H groups in total. The van der Waals surface area contributed by atoms with Gasteiger partial charge in [-0.1, -0.05) is 42.5 Å². The highest BCUT2D eigenvalue weighted by Crippen LogP contribution is 2.18. The molecule has 4 nitrogen and oxygen atoms in total. The first-order chi connectivity index (χ1) is 9.25. The topological polar surface area (TPSA) is 53.7 Å². The van der Waals surface area contributed by atoms with E-state index in [0.717, 1.165) is 16.6 Å². The average molecular weight is 250 g/mol. The van der Waals surface area contributed by atoms with Crippen molar-refractivity contribution in [2.45, 2.75) is 0 Å². The van der Waals surface area contributed by atoms with E-state index < -0.39 is 0 Å². The van der Waals surface area contributed by atoms with Crippen LogP contribution in [0.3, 0.4) is 0 Å². The van der Waals surface area contributed by atoms with Crippen molar-refractivity contribution in [3.05, 3.63) is 60.2 Å². The van der Waals surface area contributed by atoms with Crippen LogP contribution < -0.4 is 5.32 Å². The van der Waals surface area contributed by atoms with E-state index in [1.807, 2.05) is 66.2 Å². The summed E-state index contributed by atoms with van der Waals surface area (Å²) in [6.45, 7) is 0. The summed E-state index contributed by atoms with van der Waals surface area (Å²) in [6, 6.07) is 17.5. The molecule has 0 saturated carbocycles. The predicted molar refractivity (Wildman–Crippen MR) is 77.6 cm³/mol. The standard InChI is InChI=1S/C15H14N4/c1-19-13-10-6-5-9-12(13)17-15(19)18-14(16)11-7-3-2-4-8-11/h2-10H,1H3,(H2,16,17,18). The second-order valence-electron chi connectivity index (χ2n) is 4.35. The van der Waals surface area contributed by atoms with Gasteiger partial charge in [0.1, 0.15) is 5.84 Å². The zero-order chi connectivity index (χ0) is 13.2. The van der Waals surface area contributed by atoms with Crippen LogP contribution in [0.4, 0.5) is 5.95 Å². The molecule has 4 heteroatoms. The number of fused-ring (bicyclic) bond motifs is 1. The van der Waals surface area contributed by atoms with E-state index in [0.29, 0.717) is 11.8 Å². The molecule has 0 aliphatic heterocycles. The van der Waals surface area contributed by atoms with Gasteiger partial charge in [-0.25, -0.2) is 4.98 Å². The number of benzene rings is 2. The van der Waals surface area contributed by atoms with Gasteiger partial charge in [-0.3, -0.25) is 5.41 Å². The minimum absolute atomic E-state index is 0.346. The number of aryl methyl sites for hydroxylation is 1. The quantitative estimate of drug-likeness (QED) is 0.542. The molecule has 2 aromatic carbocycles. The molecule has 94 valence electrons. The minimum Gasteiger partial charge on any atom is -0.313 e. The number of anilines is 1. The van der Waals surface area contributed by atoms with Crippen molar-refractivity contribution in [1.82, 2.24) is 9.55 Å². The summed E-state index contributed by atoms with van der Waals surface area (Å²) in [5, 5.41) is 11.1. The molecular formula is C15H14N4. The zero-order valence-corrected chi connectivity index (χ0v) is 10.6. The first-order valence-corrected chi connectivity index (χ1v) is 6.08. The number of aromatic nitrogens is 2. The summed E-state index contributed by atoms with van der Waals surface area (Å²) in [5.74, 6) is 1.02. The number of nitrogens with one attached hydrogen (secondary N) is 2. The molecule has 3 rings (SSSR count). The van der Waals surface area contributed by atoms with Crippen molar-refractivity contribution >= 4 is 22.8 Å². The van der Waals surface area contributed by atoms with E-state index in [-0.39, 0.29) is 0 Å². The van der Waals surface area contributed by atoms with Crippen LogP contribution in [-0.4, -0.2) is 15.4 Å².